The summed E-state index contributed by atoms with van der Waals surface area (Å²) in [7, 11) is 0. The molecule has 0 aliphatic carbocycles. The Hall–Kier alpha value is -0.120. The van der Waals surface area contributed by atoms with Gasteiger partial charge in [-0.2, -0.15) is 0 Å². The molecule has 0 amide bonds. The van der Waals surface area contributed by atoms with Crippen molar-refractivity contribution < 1.29 is 0 Å². The molecule has 0 aromatic carbocycles. The van der Waals surface area contributed by atoms with Crippen molar-refractivity contribution in [2.45, 2.75) is 116 Å². The highest BCUT2D eigenvalue weighted by molar-refractivity contribution is 4.73. The molecule has 3 nitrogen and oxygen atoms in total. The Morgan fingerprint density at radius 2 is 0.913 bits per heavy atom. The van der Waals surface area contributed by atoms with E-state index in [1.54, 1.807) is 0 Å². The maximum Gasteiger partial charge on any atom is 0.00670 e. The lowest BCUT2D eigenvalue weighted by atomic mass is 10.00. The highest BCUT2D eigenvalue weighted by Crippen LogP contribution is 2.13. The fourth-order valence-corrected chi connectivity index (χ4v) is 3.27. The molecule has 0 saturated carbocycles. The normalized spacial score (nSPS) is 14.1. The molecule has 0 fully saturated rings. The van der Waals surface area contributed by atoms with Crippen molar-refractivity contribution in [2.24, 2.45) is 11.5 Å². The van der Waals surface area contributed by atoms with Crippen molar-refractivity contribution in [3.8, 4) is 0 Å². The van der Waals surface area contributed by atoms with Crippen molar-refractivity contribution in [1.82, 2.24) is 5.32 Å². The summed E-state index contributed by atoms with van der Waals surface area (Å²) in [5.74, 6) is 0. The largest absolute Gasteiger partial charge is 0.330 e. The second-order valence-corrected chi connectivity index (χ2v) is 7.07. The second-order valence-electron chi connectivity index (χ2n) is 7.07. The van der Waals surface area contributed by atoms with Crippen LogP contribution in [0.5, 0.6) is 0 Å². The van der Waals surface area contributed by atoms with Crippen molar-refractivity contribution in [3.63, 3.8) is 0 Å². The van der Waals surface area contributed by atoms with Crippen LogP contribution in [-0.4, -0.2) is 25.2 Å². The fraction of sp³-hybridized carbons (Fsp3) is 1.00. The highest BCUT2D eigenvalue weighted by Gasteiger charge is 2.12. The van der Waals surface area contributed by atoms with Gasteiger partial charge in [-0.05, 0) is 51.6 Å². The maximum atomic E-state index is 5.54. The van der Waals surface area contributed by atoms with Gasteiger partial charge >= 0.3 is 0 Å². The molecule has 0 spiro atoms. The average molecular weight is 328 g/mol. The van der Waals surface area contributed by atoms with E-state index < -0.39 is 0 Å². The molecule has 0 bridgehead atoms. The molecular formula is C20H45N3. The lowest BCUT2D eigenvalue weighted by Gasteiger charge is -2.24. The summed E-state index contributed by atoms with van der Waals surface area (Å²) < 4.78 is 0. The summed E-state index contributed by atoms with van der Waals surface area (Å²) in [5, 5.41) is 3.92. The number of hydrogen-bond acceptors (Lipinski definition) is 3. The molecule has 0 saturated heterocycles. The minimum absolute atomic E-state index is 0.715. The quantitative estimate of drug-likeness (QED) is 0.319. The van der Waals surface area contributed by atoms with Gasteiger partial charge in [0.15, 0.2) is 0 Å². The van der Waals surface area contributed by atoms with Crippen LogP contribution in [0.25, 0.3) is 0 Å². The highest BCUT2D eigenvalue weighted by atomic mass is 14.9. The van der Waals surface area contributed by atoms with Gasteiger partial charge in [0.05, 0.1) is 0 Å². The van der Waals surface area contributed by atoms with Gasteiger partial charge in [-0.25, -0.2) is 0 Å². The molecule has 0 aromatic heterocycles. The van der Waals surface area contributed by atoms with Gasteiger partial charge in [0.1, 0.15) is 0 Å². The van der Waals surface area contributed by atoms with Crippen LogP contribution in [0.1, 0.15) is 104 Å². The van der Waals surface area contributed by atoms with E-state index in [0.29, 0.717) is 12.1 Å². The monoisotopic (exact) mass is 327 g/mol. The smallest absolute Gasteiger partial charge is 0.00670 e. The van der Waals surface area contributed by atoms with E-state index in [4.69, 9.17) is 11.5 Å². The average Bonchev–Trinajstić information content (AvgIpc) is 2.58. The number of rotatable bonds is 18. The van der Waals surface area contributed by atoms with Crippen LogP contribution in [-0.2, 0) is 0 Å². The van der Waals surface area contributed by atoms with Crippen LogP contribution in [0.3, 0.4) is 0 Å². The third kappa shape index (κ3) is 15.2. The first-order valence-corrected chi connectivity index (χ1v) is 10.4. The van der Waals surface area contributed by atoms with Gasteiger partial charge < -0.3 is 16.8 Å². The van der Waals surface area contributed by atoms with Crippen molar-refractivity contribution >= 4 is 0 Å². The molecular weight excluding hydrogens is 282 g/mol. The van der Waals surface area contributed by atoms with Crippen molar-refractivity contribution in [1.29, 1.82) is 0 Å². The second kappa shape index (κ2) is 18.2. The number of nitrogens with two attached hydrogens (primary N) is 2. The SMILES string of the molecule is CCC(CCCCCCCN)NC(CC)CCCCCCCN. The van der Waals surface area contributed by atoms with Gasteiger partial charge in [-0.1, -0.05) is 65.2 Å². The predicted octanol–water partition coefficient (Wildman–Crippen LogP) is 4.73. The van der Waals surface area contributed by atoms with E-state index in [1.165, 1.54) is 89.9 Å². The van der Waals surface area contributed by atoms with Gasteiger partial charge in [0.25, 0.3) is 0 Å². The molecule has 0 aromatic rings. The van der Waals surface area contributed by atoms with Crippen LogP contribution in [0.15, 0.2) is 0 Å². The van der Waals surface area contributed by atoms with Gasteiger partial charge in [-0.15, -0.1) is 0 Å². The molecule has 0 aliphatic heterocycles. The zero-order valence-electron chi connectivity index (χ0n) is 16.1. The van der Waals surface area contributed by atoms with Gasteiger partial charge in [0, 0.05) is 12.1 Å². The minimum Gasteiger partial charge on any atom is -0.330 e. The lowest BCUT2D eigenvalue weighted by Crippen LogP contribution is -2.37. The molecule has 0 aliphatic rings. The minimum atomic E-state index is 0.715. The van der Waals surface area contributed by atoms with Crippen LogP contribution in [0.4, 0.5) is 0 Å². The number of unbranched alkanes of at least 4 members (excludes halogenated alkanes) is 8. The van der Waals surface area contributed by atoms with Gasteiger partial charge in [0.2, 0.25) is 0 Å². The van der Waals surface area contributed by atoms with Crippen LogP contribution < -0.4 is 16.8 Å². The topological polar surface area (TPSA) is 64.1 Å². The molecule has 140 valence electrons. The Morgan fingerprint density at radius 1 is 0.565 bits per heavy atom. The zero-order valence-corrected chi connectivity index (χ0v) is 16.1. The molecule has 5 N–H and O–H groups in total. The summed E-state index contributed by atoms with van der Waals surface area (Å²) in [5.41, 5.74) is 11.1. The van der Waals surface area contributed by atoms with Crippen LogP contribution >= 0.6 is 0 Å². The first kappa shape index (κ1) is 22.9. The van der Waals surface area contributed by atoms with E-state index in [-0.39, 0.29) is 0 Å². The van der Waals surface area contributed by atoms with E-state index >= 15 is 0 Å². The van der Waals surface area contributed by atoms with Crippen LogP contribution in [0, 0.1) is 0 Å². The Balaban J connectivity index is 3.70. The summed E-state index contributed by atoms with van der Waals surface area (Å²) in [6.45, 7) is 6.35. The van der Waals surface area contributed by atoms with E-state index in [9.17, 15) is 0 Å². The van der Waals surface area contributed by atoms with Crippen LogP contribution in [0.2, 0.25) is 0 Å². The van der Waals surface area contributed by atoms with E-state index in [0.717, 1.165) is 13.1 Å². The first-order valence-electron chi connectivity index (χ1n) is 10.4. The summed E-state index contributed by atoms with van der Waals surface area (Å²) in [6, 6.07) is 1.43. The molecule has 2 atom stereocenters. The molecule has 23 heavy (non-hydrogen) atoms. The Morgan fingerprint density at radius 3 is 1.26 bits per heavy atom. The van der Waals surface area contributed by atoms with Crippen molar-refractivity contribution in [2.75, 3.05) is 13.1 Å². The Bertz CT molecular complexity index is 199. The molecule has 2 unspecified atom stereocenters. The Labute approximate surface area is 146 Å². The van der Waals surface area contributed by atoms with Gasteiger partial charge in [-0.3, -0.25) is 0 Å². The first-order chi connectivity index (χ1) is 11.3. The standard InChI is InChI=1S/C20H45N3/c1-3-19(15-11-7-5-9-13-17-21)23-20(4-2)16-12-8-6-10-14-18-22/h19-20,23H,3-18,21-22H2,1-2H3. The third-order valence-corrected chi connectivity index (χ3v) is 4.97. The number of nitrogens with one attached hydrogen (secondary N) is 1. The lowest BCUT2D eigenvalue weighted by molar-refractivity contribution is 0.356. The zero-order chi connectivity index (χ0) is 17.2. The molecule has 0 radical (unpaired) electrons. The van der Waals surface area contributed by atoms with E-state index in [1.807, 2.05) is 0 Å². The predicted molar refractivity (Wildman–Crippen MR) is 105 cm³/mol. The van der Waals surface area contributed by atoms with E-state index in [2.05, 4.69) is 19.2 Å². The third-order valence-electron chi connectivity index (χ3n) is 4.97. The summed E-state index contributed by atoms with van der Waals surface area (Å²) in [6.07, 6.45) is 18.4. The summed E-state index contributed by atoms with van der Waals surface area (Å²) >= 11 is 0. The summed E-state index contributed by atoms with van der Waals surface area (Å²) in [4.78, 5) is 0. The number of hydrogen-bond donors (Lipinski definition) is 3. The molecule has 3 heteroatoms. The maximum absolute atomic E-state index is 5.54. The molecule has 0 rings (SSSR count). The Kier molecular flexibility index (Phi) is 18.1. The fourth-order valence-electron chi connectivity index (χ4n) is 3.27. The van der Waals surface area contributed by atoms with Crippen molar-refractivity contribution in [3.05, 3.63) is 0 Å². The molecule has 0 heterocycles.